The Kier molecular flexibility index (Phi) is 3.85. The van der Waals surface area contributed by atoms with E-state index in [4.69, 9.17) is 11.6 Å². The smallest absolute Gasteiger partial charge is 0.223 e. The van der Waals surface area contributed by atoms with Crippen LogP contribution in [0.25, 0.3) is 0 Å². The van der Waals surface area contributed by atoms with Gasteiger partial charge in [0.15, 0.2) is 0 Å². The van der Waals surface area contributed by atoms with Gasteiger partial charge in [0.2, 0.25) is 5.91 Å². The van der Waals surface area contributed by atoms with E-state index in [0.717, 1.165) is 37.6 Å². The third-order valence-electron chi connectivity index (χ3n) is 4.24. The highest BCUT2D eigenvalue weighted by Crippen LogP contribution is 2.29. The van der Waals surface area contributed by atoms with Crippen molar-refractivity contribution in [2.75, 3.05) is 31.6 Å². The maximum atomic E-state index is 11.7. The quantitative estimate of drug-likeness (QED) is 0.924. The number of carbonyl (C=O) groups is 1. The van der Waals surface area contributed by atoms with E-state index < -0.39 is 0 Å². The number of benzene rings is 1. The molecule has 2 saturated heterocycles. The number of hydrogen-bond acceptors (Lipinski definition) is 3. The number of amides is 1. The molecule has 2 heterocycles. The van der Waals surface area contributed by atoms with Crippen LogP contribution in [-0.4, -0.2) is 43.5 Å². The van der Waals surface area contributed by atoms with Crippen molar-refractivity contribution in [3.8, 4) is 0 Å². The number of anilines is 1. The van der Waals surface area contributed by atoms with Crippen LogP contribution in [0.5, 0.6) is 0 Å². The highest BCUT2D eigenvalue weighted by molar-refractivity contribution is 6.30. The average Bonchev–Trinajstić information content (AvgIpc) is 2.80. The SMILES string of the molecule is CNCc1cc(Cl)ccc1N1CCN2C(=O)CCC2C1. The summed E-state index contributed by atoms with van der Waals surface area (Å²) in [5, 5.41) is 3.97. The molecule has 1 amide bonds. The van der Waals surface area contributed by atoms with E-state index in [1.807, 2.05) is 24.1 Å². The van der Waals surface area contributed by atoms with Gasteiger partial charge >= 0.3 is 0 Å². The lowest BCUT2D eigenvalue weighted by molar-refractivity contribution is -0.129. The second kappa shape index (κ2) is 5.62. The number of hydrogen-bond donors (Lipinski definition) is 1. The van der Waals surface area contributed by atoms with Crippen LogP contribution in [0.4, 0.5) is 5.69 Å². The zero-order valence-electron chi connectivity index (χ0n) is 11.7. The van der Waals surface area contributed by atoms with Crippen LogP contribution < -0.4 is 10.2 Å². The van der Waals surface area contributed by atoms with Crippen LogP contribution in [0.3, 0.4) is 0 Å². The summed E-state index contributed by atoms with van der Waals surface area (Å²) in [5.41, 5.74) is 2.46. The zero-order valence-corrected chi connectivity index (χ0v) is 12.5. The molecule has 20 heavy (non-hydrogen) atoms. The summed E-state index contributed by atoms with van der Waals surface area (Å²) < 4.78 is 0. The van der Waals surface area contributed by atoms with E-state index in [9.17, 15) is 4.79 Å². The Hall–Kier alpha value is -1.26. The topological polar surface area (TPSA) is 35.6 Å². The standard InChI is InChI=1S/C15H20ClN3O/c1-17-9-11-8-12(16)2-4-14(11)18-6-7-19-13(10-18)3-5-15(19)20/h2,4,8,13,17H,3,5-7,9-10H2,1H3. The van der Waals surface area contributed by atoms with E-state index in [-0.39, 0.29) is 0 Å². The molecule has 1 aromatic carbocycles. The molecule has 1 aromatic rings. The van der Waals surface area contributed by atoms with Crippen molar-refractivity contribution in [1.29, 1.82) is 0 Å². The summed E-state index contributed by atoms with van der Waals surface area (Å²) >= 11 is 6.10. The van der Waals surface area contributed by atoms with Crippen molar-refractivity contribution < 1.29 is 4.79 Å². The van der Waals surface area contributed by atoms with Crippen LogP contribution in [0.1, 0.15) is 18.4 Å². The Morgan fingerprint density at radius 3 is 3.05 bits per heavy atom. The van der Waals surface area contributed by atoms with Gasteiger partial charge < -0.3 is 15.1 Å². The molecule has 4 nitrogen and oxygen atoms in total. The lowest BCUT2D eigenvalue weighted by Crippen LogP contribution is -2.51. The average molecular weight is 294 g/mol. The molecule has 1 atom stereocenters. The van der Waals surface area contributed by atoms with Gasteiger partial charge in [-0.3, -0.25) is 4.79 Å². The molecule has 0 aromatic heterocycles. The largest absolute Gasteiger partial charge is 0.367 e. The van der Waals surface area contributed by atoms with Crippen molar-refractivity contribution in [2.45, 2.75) is 25.4 Å². The third kappa shape index (κ3) is 2.50. The number of carbonyl (C=O) groups excluding carboxylic acids is 1. The molecule has 0 saturated carbocycles. The summed E-state index contributed by atoms with van der Waals surface area (Å²) in [6.45, 7) is 3.48. The highest BCUT2D eigenvalue weighted by Gasteiger charge is 2.35. The van der Waals surface area contributed by atoms with Gasteiger partial charge in [-0.05, 0) is 37.2 Å². The number of nitrogens with one attached hydrogen (secondary N) is 1. The minimum absolute atomic E-state index is 0.321. The van der Waals surface area contributed by atoms with Crippen molar-refractivity contribution >= 4 is 23.2 Å². The van der Waals surface area contributed by atoms with Gasteiger partial charge in [-0.1, -0.05) is 11.6 Å². The Labute approximate surface area is 124 Å². The number of nitrogens with zero attached hydrogens (tertiary/aromatic N) is 2. The fraction of sp³-hybridized carbons (Fsp3) is 0.533. The molecular weight excluding hydrogens is 274 g/mol. The first-order chi connectivity index (χ1) is 9.69. The van der Waals surface area contributed by atoms with E-state index in [0.29, 0.717) is 18.4 Å². The minimum atomic E-state index is 0.321. The van der Waals surface area contributed by atoms with E-state index in [1.165, 1.54) is 11.3 Å². The number of fused-ring (bicyclic) bond motifs is 1. The maximum Gasteiger partial charge on any atom is 0.223 e. The minimum Gasteiger partial charge on any atom is -0.367 e. The molecule has 3 rings (SSSR count). The summed E-state index contributed by atoms with van der Waals surface area (Å²) in [6, 6.07) is 6.46. The molecule has 0 radical (unpaired) electrons. The van der Waals surface area contributed by atoms with Gasteiger partial charge in [0.25, 0.3) is 0 Å². The van der Waals surface area contributed by atoms with Gasteiger partial charge in [-0.15, -0.1) is 0 Å². The van der Waals surface area contributed by atoms with Gasteiger partial charge in [0, 0.05) is 49.4 Å². The molecule has 5 heteroatoms. The van der Waals surface area contributed by atoms with Gasteiger partial charge in [0.1, 0.15) is 0 Å². The lowest BCUT2D eigenvalue weighted by Gasteiger charge is -2.39. The van der Waals surface area contributed by atoms with Crippen LogP contribution in [0.2, 0.25) is 5.02 Å². The predicted octanol–water partition coefficient (Wildman–Crippen LogP) is 1.87. The molecule has 0 bridgehead atoms. The Morgan fingerprint density at radius 2 is 2.25 bits per heavy atom. The molecule has 0 spiro atoms. The van der Waals surface area contributed by atoms with Crippen molar-refractivity contribution in [3.05, 3.63) is 28.8 Å². The van der Waals surface area contributed by atoms with Crippen LogP contribution in [0, 0.1) is 0 Å². The first kappa shape index (κ1) is 13.7. The van der Waals surface area contributed by atoms with Gasteiger partial charge in [-0.2, -0.15) is 0 Å². The highest BCUT2D eigenvalue weighted by atomic mass is 35.5. The third-order valence-corrected chi connectivity index (χ3v) is 4.48. The predicted molar refractivity (Wildman–Crippen MR) is 81.2 cm³/mol. The molecule has 2 aliphatic rings. The van der Waals surface area contributed by atoms with Crippen LogP contribution >= 0.6 is 11.6 Å². The number of halogens is 1. The first-order valence-corrected chi connectivity index (χ1v) is 7.54. The van der Waals surface area contributed by atoms with E-state index in [2.05, 4.69) is 16.3 Å². The molecule has 1 N–H and O–H groups in total. The van der Waals surface area contributed by atoms with Crippen LogP contribution in [0.15, 0.2) is 18.2 Å². The lowest BCUT2D eigenvalue weighted by atomic mass is 10.1. The summed E-state index contributed by atoms with van der Waals surface area (Å²) in [7, 11) is 1.94. The molecule has 1 unspecified atom stereocenters. The summed E-state index contributed by atoms with van der Waals surface area (Å²) in [5.74, 6) is 0.321. The molecule has 108 valence electrons. The van der Waals surface area contributed by atoms with Crippen molar-refractivity contribution in [2.24, 2.45) is 0 Å². The van der Waals surface area contributed by atoms with Crippen LogP contribution in [-0.2, 0) is 11.3 Å². The summed E-state index contributed by atoms with van der Waals surface area (Å²) in [6.07, 6.45) is 1.70. The monoisotopic (exact) mass is 293 g/mol. The van der Waals surface area contributed by atoms with E-state index >= 15 is 0 Å². The maximum absolute atomic E-state index is 11.7. The molecular formula is C15H20ClN3O. The van der Waals surface area contributed by atoms with Crippen molar-refractivity contribution in [1.82, 2.24) is 10.2 Å². The molecule has 0 aliphatic carbocycles. The zero-order chi connectivity index (χ0) is 14.1. The van der Waals surface area contributed by atoms with Crippen molar-refractivity contribution in [3.63, 3.8) is 0 Å². The Morgan fingerprint density at radius 1 is 1.40 bits per heavy atom. The van der Waals surface area contributed by atoms with Gasteiger partial charge in [-0.25, -0.2) is 0 Å². The summed E-state index contributed by atoms with van der Waals surface area (Å²) in [4.78, 5) is 16.2. The molecule has 2 aliphatic heterocycles. The number of piperazine rings is 1. The normalized spacial score (nSPS) is 22.3. The second-order valence-corrected chi connectivity index (χ2v) is 5.97. The molecule has 2 fully saturated rings. The fourth-order valence-corrected chi connectivity index (χ4v) is 3.47. The van der Waals surface area contributed by atoms with E-state index in [1.54, 1.807) is 0 Å². The Balaban J connectivity index is 1.81. The fourth-order valence-electron chi connectivity index (χ4n) is 3.28. The van der Waals surface area contributed by atoms with Gasteiger partial charge in [0.05, 0.1) is 0 Å². The first-order valence-electron chi connectivity index (χ1n) is 7.16. The Bertz CT molecular complexity index is 520. The number of rotatable bonds is 3. The second-order valence-electron chi connectivity index (χ2n) is 5.53.